The second-order valence-corrected chi connectivity index (χ2v) is 4.67. The van der Waals surface area contributed by atoms with Gasteiger partial charge in [-0.3, -0.25) is 14.9 Å². The van der Waals surface area contributed by atoms with E-state index < -0.39 is 39.3 Å². The first-order chi connectivity index (χ1) is 8.73. The molecule has 6 nitrogen and oxygen atoms in total. The molecule has 0 spiro atoms. The fourth-order valence-electron chi connectivity index (χ4n) is 1.96. The molecule has 1 amide bonds. The topological polar surface area (TPSA) is 83.7 Å². The molecule has 1 N–H and O–H groups in total. The molecular weight excluding hydrogens is 262 g/mol. The van der Waals surface area contributed by atoms with E-state index in [1.807, 2.05) is 0 Å². The Hall–Kier alpha value is -2.09. The smallest absolute Gasteiger partial charge is 0.305 e. The monoisotopic (exact) mass is 272 g/mol. The highest BCUT2D eigenvalue weighted by Gasteiger charge is 2.42. The Morgan fingerprint density at radius 3 is 2.53 bits per heavy atom. The van der Waals surface area contributed by atoms with Crippen molar-refractivity contribution >= 4 is 11.6 Å². The molecular formula is C11H10F2N2O4. The molecule has 1 heterocycles. The maximum Gasteiger partial charge on any atom is 0.305 e. The second-order valence-electron chi connectivity index (χ2n) is 4.67. The number of nitro groups is 1. The lowest BCUT2D eigenvalue weighted by Crippen LogP contribution is -2.61. The van der Waals surface area contributed by atoms with Crippen LogP contribution in [0.1, 0.15) is 17.3 Å². The Morgan fingerprint density at radius 1 is 1.47 bits per heavy atom. The van der Waals surface area contributed by atoms with Crippen LogP contribution in [0.25, 0.3) is 0 Å². The lowest BCUT2D eigenvalue weighted by atomic mass is 9.95. The number of aliphatic hydroxyl groups is 1. The van der Waals surface area contributed by atoms with Crippen molar-refractivity contribution in [3.05, 3.63) is 39.4 Å². The highest BCUT2D eigenvalue weighted by Crippen LogP contribution is 2.28. The number of β-amino-alcohol motifs (C(OH)–C–C–N with tert-alkyl or cyclic N) is 1. The normalized spacial score (nSPS) is 16.9. The van der Waals surface area contributed by atoms with Gasteiger partial charge in [0.1, 0.15) is 11.4 Å². The van der Waals surface area contributed by atoms with Gasteiger partial charge in [0.25, 0.3) is 5.91 Å². The van der Waals surface area contributed by atoms with Gasteiger partial charge in [-0.05, 0) is 13.0 Å². The van der Waals surface area contributed by atoms with Crippen LogP contribution in [0.3, 0.4) is 0 Å². The van der Waals surface area contributed by atoms with Crippen molar-refractivity contribution in [1.82, 2.24) is 4.90 Å². The van der Waals surface area contributed by atoms with Crippen LogP contribution in [-0.2, 0) is 0 Å². The largest absolute Gasteiger partial charge is 0.386 e. The van der Waals surface area contributed by atoms with E-state index in [1.54, 1.807) is 0 Å². The van der Waals surface area contributed by atoms with Crippen LogP contribution in [-0.4, -0.2) is 39.5 Å². The lowest BCUT2D eigenvalue weighted by molar-refractivity contribution is -0.387. The minimum Gasteiger partial charge on any atom is -0.386 e. The van der Waals surface area contributed by atoms with Crippen molar-refractivity contribution in [3.63, 3.8) is 0 Å². The molecule has 0 aliphatic carbocycles. The van der Waals surface area contributed by atoms with Crippen molar-refractivity contribution in [2.45, 2.75) is 12.5 Å². The summed E-state index contributed by atoms with van der Waals surface area (Å²) < 4.78 is 27.2. The molecule has 1 saturated heterocycles. The standard InChI is InChI=1S/C11H10F2N2O4/c1-11(17)4-14(5-11)10(16)8-6(12)2-3-7(9(8)13)15(18)19/h2-3,17H,4-5H2,1H3. The zero-order valence-corrected chi connectivity index (χ0v) is 9.89. The fourth-order valence-corrected chi connectivity index (χ4v) is 1.96. The number of hydrogen-bond donors (Lipinski definition) is 1. The van der Waals surface area contributed by atoms with E-state index in [1.165, 1.54) is 6.92 Å². The van der Waals surface area contributed by atoms with Crippen molar-refractivity contribution in [1.29, 1.82) is 0 Å². The number of hydrogen-bond acceptors (Lipinski definition) is 4. The first kappa shape index (κ1) is 13.3. The second kappa shape index (κ2) is 4.23. The summed E-state index contributed by atoms with van der Waals surface area (Å²) in [7, 11) is 0. The number of likely N-dealkylation sites (tertiary alicyclic amines) is 1. The molecule has 0 radical (unpaired) electrons. The van der Waals surface area contributed by atoms with Gasteiger partial charge >= 0.3 is 5.69 Å². The van der Waals surface area contributed by atoms with Crippen LogP contribution >= 0.6 is 0 Å². The molecule has 1 fully saturated rings. The number of carbonyl (C=O) groups excluding carboxylic acids is 1. The molecule has 0 saturated carbocycles. The van der Waals surface area contributed by atoms with E-state index in [2.05, 4.69) is 0 Å². The van der Waals surface area contributed by atoms with Gasteiger partial charge < -0.3 is 10.0 Å². The molecule has 1 aliphatic rings. The van der Waals surface area contributed by atoms with Gasteiger partial charge in [0.15, 0.2) is 0 Å². The van der Waals surface area contributed by atoms with Gasteiger partial charge in [-0.25, -0.2) is 4.39 Å². The van der Waals surface area contributed by atoms with E-state index in [4.69, 9.17) is 0 Å². The quantitative estimate of drug-likeness (QED) is 0.645. The molecule has 102 valence electrons. The molecule has 0 atom stereocenters. The van der Waals surface area contributed by atoms with Gasteiger partial charge in [0.05, 0.1) is 23.6 Å². The van der Waals surface area contributed by atoms with Crippen LogP contribution in [0.2, 0.25) is 0 Å². The number of benzene rings is 1. The Morgan fingerprint density at radius 2 is 2.05 bits per heavy atom. The Balaban J connectivity index is 2.37. The summed E-state index contributed by atoms with van der Waals surface area (Å²) in [5.41, 5.74) is -3.02. The van der Waals surface area contributed by atoms with Crippen molar-refractivity contribution in [3.8, 4) is 0 Å². The van der Waals surface area contributed by atoms with Crippen LogP contribution in [0.5, 0.6) is 0 Å². The predicted molar refractivity (Wildman–Crippen MR) is 59.5 cm³/mol. The van der Waals surface area contributed by atoms with Crippen molar-refractivity contribution in [2.75, 3.05) is 13.1 Å². The van der Waals surface area contributed by atoms with Gasteiger partial charge in [-0.1, -0.05) is 0 Å². The minimum absolute atomic E-state index is 0.0760. The molecule has 1 aromatic carbocycles. The van der Waals surface area contributed by atoms with Crippen LogP contribution < -0.4 is 0 Å². The highest BCUT2D eigenvalue weighted by atomic mass is 19.1. The van der Waals surface area contributed by atoms with E-state index in [0.29, 0.717) is 12.1 Å². The molecule has 0 bridgehead atoms. The van der Waals surface area contributed by atoms with E-state index in [-0.39, 0.29) is 13.1 Å². The number of carbonyl (C=O) groups is 1. The van der Waals surface area contributed by atoms with Crippen LogP contribution in [0.15, 0.2) is 12.1 Å². The zero-order valence-electron chi connectivity index (χ0n) is 9.89. The third-order valence-electron chi connectivity index (χ3n) is 2.83. The molecule has 0 unspecified atom stereocenters. The van der Waals surface area contributed by atoms with Gasteiger partial charge in [-0.15, -0.1) is 0 Å². The van der Waals surface area contributed by atoms with E-state index >= 15 is 0 Å². The zero-order chi connectivity index (χ0) is 14.4. The summed E-state index contributed by atoms with van der Waals surface area (Å²) in [4.78, 5) is 22.4. The maximum absolute atomic E-state index is 13.8. The molecule has 8 heteroatoms. The Kier molecular flexibility index (Phi) is 2.97. The predicted octanol–water partition coefficient (Wildman–Crippen LogP) is 1.08. The summed E-state index contributed by atoms with van der Waals surface area (Å²) in [6.07, 6.45) is 0. The number of nitrogens with zero attached hydrogens (tertiary/aromatic N) is 2. The fraction of sp³-hybridized carbons (Fsp3) is 0.364. The summed E-state index contributed by atoms with van der Waals surface area (Å²) in [5, 5.41) is 20.0. The first-order valence-corrected chi connectivity index (χ1v) is 5.37. The van der Waals surface area contributed by atoms with E-state index in [0.717, 1.165) is 4.90 Å². The Labute approximate surface area is 106 Å². The number of amides is 1. The third kappa shape index (κ3) is 2.26. The van der Waals surface area contributed by atoms with Crippen molar-refractivity contribution < 1.29 is 23.6 Å². The van der Waals surface area contributed by atoms with Crippen LogP contribution in [0.4, 0.5) is 14.5 Å². The number of halogens is 2. The highest BCUT2D eigenvalue weighted by molar-refractivity contribution is 5.96. The van der Waals surface area contributed by atoms with Gasteiger partial charge in [0, 0.05) is 6.07 Å². The van der Waals surface area contributed by atoms with E-state index in [9.17, 15) is 28.8 Å². The summed E-state index contributed by atoms with van der Waals surface area (Å²) in [6.45, 7) is 1.32. The molecule has 2 rings (SSSR count). The average molecular weight is 272 g/mol. The van der Waals surface area contributed by atoms with Gasteiger partial charge in [-0.2, -0.15) is 4.39 Å². The lowest BCUT2D eigenvalue weighted by Gasteiger charge is -2.44. The maximum atomic E-state index is 13.8. The minimum atomic E-state index is -1.50. The number of nitro benzene ring substituents is 1. The molecule has 1 aromatic rings. The first-order valence-electron chi connectivity index (χ1n) is 5.37. The van der Waals surface area contributed by atoms with Crippen LogP contribution in [0, 0.1) is 21.7 Å². The SMILES string of the molecule is CC1(O)CN(C(=O)c2c(F)ccc([N+](=O)[O-])c2F)C1. The summed E-state index contributed by atoms with van der Waals surface area (Å²) in [6, 6.07) is 1.33. The Bertz CT molecular complexity index is 566. The molecule has 19 heavy (non-hydrogen) atoms. The van der Waals surface area contributed by atoms with Crippen molar-refractivity contribution in [2.24, 2.45) is 0 Å². The molecule has 0 aromatic heterocycles. The molecule has 1 aliphatic heterocycles. The third-order valence-corrected chi connectivity index (χ3v) is 2.83. The number of rotatable bonds is 2. The summed E-state index contributed by atoms with van der Waals surface area (Å²) in [5.74, 6) is -3.67. The summed E-state index contributed by atoms with van der Waals surface area (Å²) >= 11 is 0. The van der Waals surface area contributed by atoms with Gasteiger partial charge in [0.2, 0.25) is 5.82 Å². The average Bonchev–Trinajstić information content (AvgIpc) is 2.24.